The first-order chi connectivity index (χ1) is 8.29. The molecule has 4 nitrogen and oxygen atoms in total. The summed E-state index contributed by atoms with van der Waals surface area (Å²) in [5.41, 5.74) is 0. The van der Waals surface area contributed by atoms with Crippen LogP contribution in [0.25, 0.3) is 0 Å². The molecule has 0 aromatic heterocycles. The van der Waals surface area contributed by atoms with Crippen LogP contribution in [0.2, 0.25) is 10.0 Å². The summed E-state index contributed by atoms with van der Waals surface area (Å²) in [5, 5.41) is 8.67. The summed E-state index contributed by atoms with van der Waals surface area (Å²) in [6.45, 7) is 1.76. The van der Waals surface area contributed by atoms with Gasteiger partial charge in [0.15, 0.2) is 6.10 Å². The summed E-state index contributed by atoms with van der Waals surface area (Å²) in [6.07, 6.45) is -0.225. The summed E-state index contributed by atoms with van der Waals surface area (Å²) in [6, 6.07) is 4.23. The van der Waals surface area contributed by atoms with E-state index in [1.165, 1.54) is 6.07 Å². The van der Waals surface area contributed by atoms with Gasteiger partial charge in [-0.2, -0.15) is 5.26 Å². The first-order valence-corrected chi connectivity index (χ1v) is 7.86. The Morgan fingerprint density at radius 3 is 2.44 bits per heavy atom. The van der Waals surface area contributed by atoms with Gasteiger partial charge in [-0.05, 0) is 12.5 Å². The number of benzene rings is 1. The number of ether oxygens (including phenoxy) is 1. The third kappa shape index (κ3) is 3.66. The Labute approximate surface area is 119 Å². The van der Waals surface area contributed by atoms with Crippen molar-refractivity contribution in [2.24, 2.45) is 0 Å². The summed E-state index contributed by atoms with van der Waals surface area (Å²) in [5.74, 6) is 0.138. The average Bonchev–Trinajstić information content (AvgIpc) is 2.28. The molecule has 0 aliphatic carbocycles. The van der Waals surface area contributed by atoms with Crippen LogP contribution in [-0.2, 0) is 9.05 Å². The number of nitrogens with zero attached hydrogens (tertiary/aromatic N) is 1. The molecule has 0 amide bonds. The van der Waals surface area contributed by atoms with E-state index in [0.29, 0.717) is 6.42 Å². The number of hydrogen-bond donors (Lipinski definition) is 0. The number of hydrogen-bond acceptors (Lipinski definition) is 4. The van der Waals surface area contributed by atoms with Gasteiger partial charge >= 0.3 is 0 Å². The normalized spacial score (nSPS) is 12.8. The van der Waals surface area contributed by atoms with Crippen molar-refractivity contribution >= 4 is 42.9 Å². The second-order valence-corrected chi connectivity index (χ2v) is 6.64. The van der Waals surface area contributed by atoms with E-state index in [0.717, 1.165) is 6.07 Å². The SMILES string of the molecule is CCC(C#N)Oc1cc(Cl)c(S(=O)(=O)Cl)cc1Cl. The molecule has 1 atom stereocenters. The zero-order chi connectivity index (χ0) is 13.9. The molecule has 18 heavy (non-hydrogen) atoms. The van der Waals surface area contributed by atoms with E-state index >= 15 is 0 Å². The standard InChI is InChI=1S/C10H8Cl3NO3S/c1-2-6(5-14)17-9-3-8(12)10(4-7(9)11)18(13,15)16/h3-4,6H,2H2,1H3. The van der Waals surface area contributed by atoms with Gasteiger partial charge in [0.25, 0.3) is 9.05 Å². The predicted molar refractivity (Wildman–Crippen MR) is 69.8 cm³/mol. The summed E-state index contributed by atoms with van der Waals surface area (Å²) in [7, 11) is 1.21. The van der Waals surface area contributed by atoms with Crippen molar-refractivity contribution in [3.63, 3.8) is 0 Å². The van der Waals surface area contributed by atoms with Crippen molar-refractivity contribution in [3.8, 4) is 11.8 Å². The highest BCUT2D eigenvalue weighted by Gasteiger charge is 2.19. The molecule has 0 heterocycles. The van der Waals surface area contributed by atoms with Gasteiger partial charge < -0.3 is 4.74 Å². The van der Waals surface area contributed by atoms with Crippen molar-refractivity contribution in [3.05, 3.63) is 22.2 Å². The van der Waals surface area contributed by atoms with E-state index in [-0.39, 0.29) is 20.7 Å². The van der Waals surface area contributed by atoms with Gasteiger partial charge in [0.1, 0.15) is 16.7 Å². The summed E-state index contributed by atoms with van der Waals surface area (Å²) >= 11 is 11.6. The van der Waals surface area contributed by atoms with Crippen LogP contribution in [-0.4, -0.2) is 14.5 Å². The topological polar surface area (TPSA) is 67.2 Å². The molecule has 0 fully saturated rings. The number of rotatable bonds is 4. The summed E-state index contributed by atoms with van der Waals surface area (Å²) in [4.78, 5) is -0.298. The van der Waals surface area contributed by atoms with Gasteiger partial charge in [-0.15, -0.1) is 0 Å². The fourth-order valence-electron chi connectivity index (χ4n) is 1.14. The fourth-order valence-corrected chi connectivity index (χ4v) is 2.92. The van der Waals surface area contributed by atoms with E-state index in [2.05, 4.69) is 0 Å². The molecular weight excluding hydrogens is 321 g/mol. The number of nitriles is 1. The molecule has 1 aromatic carbocycles. The molecule has 0 radical (unpaired) electrons. The minimum absolute atomic E-state index is 0.0207. The Morgan fingerprint density at radius 1 is 1.39 bits per heavy atom. The maximum Gasteiger partial charge on any atom is 0.262 e. The molecular formula is C10H8Cl3NO3S. The largest absolute Gasteiger partial charge is 0.474 e. The van der Waals surface area contributed by atoms with Crippen molar-refractivity contribution in [2.45, 2.75) is 24.3 Å². The van der Waals surface area contributed by atoms with Crippen LogP contribution < -0.4 is 4.74 Å². The zero-order valence-corrected chi connectivity index (χ0v) is 12.2. The second-order valence-electron chi connectivity index (χ2n) is 3.29. The van der Waals surface area contributed by atoms with Crippen LogP contribution in [0.3, 0.4) is 0 Å². The third-order valence-corrected chi connectivity index (χ3v) is 4.12. The molecule has 98 valence electrons. The lowest BCUT2D eigenvalue weighted by atomic mass is 10.3. The Hall–Kier alpha value is -0.670. The van der Waals surface area contributed by atoms with E-state index < -0.39 is 15.2 Å². The highest BCUT2D eigenvalue weighted by Crippen LogP contribution is 2.35. The average molecular weight is 329 g/mol. The summed E-state index contributed by atoms with van der Waals surface area (Å²) < 4.78 is 27.6. The van der Waals surface area contributed by atoms with Gasteiger partial charge in [-0.3, -0.25) is 0 Å². The minimum atomic E-state index is -3.98. The molecule has 0 aliphatic heterocycles. The van der Waals surface area contributed by atoms with Crippen molar-refractivity contribution in [2.75, 3.05) is 0 Å². The van der Waals surface area contributed by atoms with E-state index in [1.54, 1.807) is 6.92 Å². The predicted octanol–water partition coefficient (Wildman–Crippen LogP) is 3.60. The van der Waals surface area contributed by atoms with E-state index in [4.69, 9.17) is 43.9 Å². The molecule has 0 spiro atoms. The van der Waals surface area contributed by atoms with Crippen molar-refractivity contribution in [1.29, 1.82) is 5.26 Å². The lowest BCUT2D eigenvalue weighted by Crippen LogP contribution is -2.12. The van der Waals surface area contributed by atoms with E-state index in [9.17, 15) is 8.42 Å². The first kappa shape index (κ1) is 15.4. The molecule has 0 saturated carbocycles. The Balaban J connectivity index is 3.21. The van der Waals surface area contributed by atoms with Crippen molar-refractivity contribution < 1.29 is 13.2 Å². The molecule has 8 heteroatoms. The highest BCUT2D eigenvalue weighted by atomic mass is 35.7. The monoisotopic (exact) mass is 327 g/mol. The molecule has 0 aliphatic rings. The van der Waals surface area contributed by atoms with Crippen molar-refractivity contribution in [1.82, 2.24) is 0 Å². The molecule has 0 saturated heterocycles. The maximum atomic E-state index is 11.2. The minimum Gasteiger partial charge on any atom is -0.474 e. The van der Waals surface area contributed by atoms with E-state index in [1.807, 2.05) is 6.07 Å². The second kappa shape index (κ2) is 5.98. The number of halogens is 3. The van der Waals surface area contributed by atoms with Gasteiger partial charge in [-0.25, -0.2) is 8.42 Å². The highest BCUT2D eigenvalue weighted by molar-refractivity contribution is 8.13. The molecule has 0 N–H and O–H groups in total. The quantitative estimate of drug-likeness (QED) is 0.792. The van der Waals surface area contributed by atoms with Gasteiger partial charge in [-0.1, -0.05) is 30.1 Å². The van der Waals surface area contributed by atoms with Crippen LogP contribution in [0.15, 0.2) is 17.0 Å². The van der Waals surface area contributed by atoms with Gasteiger partial charge in [0, 0.05) is 16.7 Å². The lowest BCUT2D eigenvalue weighted by molar-refractivity contribution is 0.252. The zero-order valence-electron chi connectivity index (χ0n) is 9.15. The van der Waals surface area contributed by atoms with Gasteiger partial charge in [0.05, 0.1) is 10.0 Å². The van der Waals surface area contributed by atoms with Crippen LogP contribution in [0, 0.1) is 11.3 Å². The molecule has 0 bridgehead atoms. The molecule has 1 unspecified atom stereocenters. The Morgan fingerprint density at radius 2 is 2.00 bits per heavy atom. The maximum absolute atomic E-state index is 11.2. The van der Waals surface area contributed by atoms with Crippen LogP contribution in [0.1, 0.15) is 13.3 Å². The fraction of sp³-hybridized carbons (Fsp3) is 0.300. The smallest absolute Gasteiger partial charge is 0.262 e. The molecule has 1 rings (SSSR count). The Bertz CT molecular complexity index is 595. The third-order valence-electron chi connectivity index (χ3n) is 2.03. The van der Waals surface area contributed by atoms with Crippen LogP contribution in [0.5, 0.6) is 5.75 Å². The van der Waals surface area contributed by atoms with Crippen LogP contribution >= 0.6 is 33.9 Å². The first-order valence-electron chi connectivity index (χ1n) is 4.79. The van der Waals surface area contributed by atoms with Gasteiger partial charge in [0.2, 0.25) is 0 Å². The Kier molecular flexibility index (Phi) is 5.11. The van der Waals surface area contributed by atoms with Crippen LogP contribution in [0.4, 0.5) is 0 Å². The lowest BCUT2D eigenvalue weighted by Gasteiger charge is -2.13. The molecule has 1 aromatic rings.